The molecule has 0 aromatic heterocycles. The molecule has 306 valence electrons. The fraction of sp³-hybridized carbons (Fsp3) is 0. The van der Waals surface area contributed by atoms with Gasteiger partial charge in [-0.25, -0.2) is 0 Å². The molecule has 0 atom stereocenters. The average Bonchev–Trinajstić information content (AvgIpc) is 3.40. The SMILES string of the molecule is c1ccc(-c2cc(-c3ccccc3)cc(-c3ccc(N(c4ccc(-c5ccc6ccccc6c5)cc4)c4ccccc4-c4ccccc4-c4ccccc4-c4ccccc4)cc3)c2)cc1. The first-order chi connectivity index (χ1) is 32.2. The predicted octanol–water partition coefficient (Wildman–Crippen LogP) is 18.0. The molecule has 0 aliphatic heterocycles. The minimum absolute atomic E-state index is 1.07. The third kappa shape index (κ3) is 8.04. The molecule has 0 N–H and O–H groups in total. The highest BCUT2D eigenvalue weighted by Gasteiger charge is 2.21. The summed E-state index contributed by atoms with van der Waals surface area (Å²) in [6.07, 6.45) is 0. The number of para-hydroxylation sites is 1. The van der Waals surface area contributed by atoms with Gasteiger partial charge in [0.15, 0.2) is 0 Å². The van der Waals surface area contributed by atoms with Crippen molar-refractivity contribution in [2.24, 2.45) is 0 Å². The van der Waals surface area contributed by atoms with Gasteiger partial charge in [-0.15, -0.1) is 0 Å². The Balaban J connectivity index is 1.05. The van der Waals surface area contributed by atoms with Crippen molar-refractivity contribution in [3.8, 4) is 77.9 Å². The van der Waals surface area contributed by atoms with E-state index in [1.54, 1.807) is 0 Å². The Kier molecular flexibility index (Phi) is 10.7. The van der Waals surface area contributed by atoms with Gasteiger partial charge in [-0.1, -0.05) is 218 Å². The lowest BCUT2D eigenvalue weighted by Crippen LogP contribution is -2.11. The van der Waals surface area contributed by atoms with Crippen molar-refractivity contribution in [2.75, 3.05) is 4.90 Å². The summed E-state index contributed by atoms with van der Waals surface area (Å²) < 4.78 is 0. The van der Waals surface area contributed by atoms with Crippen LogP contribution in [0.1, 0.15) is 0 Å². The standard InChI is InChI=1S/C64H45N/c1-4-18-46(19-5-1)54-43-55(47-20-6-2-7-21-47)45-56(44-54)50-36-40-58(41-37-50)65(57-38-34-49(35-39-57)53-33-32-48-22-10-11-25-52(48)42-53)64-31-17-16-30-63(64)62-29-15-14-28-61(62)60-27-13-12-26-59(60)51-23-8-3-9-24-51/h1-45H. The third-order valence-electron chi connectivity index (χ3n) is 12.5. The lowest BCUT2D eigenvalue weighted by Gasteiger charge is -2.29. The van der Waals surface area contributed by atoms with Crippen LogP contribution in [-0.4, -0.2) is 0 Å². The first-order valence-electron chi connectivity index (χ1n) is 22.3. The van der Waals surface area contributed by atoms with E-state index in [1.807, 2.05) is 0 Å². The Morgan fingerprint density at radius 3 is 1.08 bits per heavy atom. The molecule has 0 fully saturated rings. The molecule has 0 heterocycles. The molecule has 11 aromatic carbocycles. The molecule has 0 saturated heterocycles. The van der Waals surface area contributed by atoms with Gasteiger partial charge in [-0.3, -0.25) is 0 Å². The van der Waals surface area contributed by atoms with Crippen LogP contribution in [0.2, 0.25) is 0 Å². The van der Waals surface area contributed by atoms with Gasteiger partial charge in [0.1, 0.15) is 0 Å². The molecule has 1 heteroatoms. The van der Waals surface area contributed by atoms with E-state index in [2.05, 4.69) is 278 Å². The summed E-state index contributed by atoms with van der Waals surface area (Å²) in [4.78, 5) is 2.42. The highest BCUT2D eigenvalue weighted by molar-refractivity contribution is 5.97. The Morgan fingerprint density at radius 1 is 0.185 bits per heavy atom. The molecule has 11 rings (SSSR count). The topological polar surface area (TPSA) is 3.24 Å². The van der Waals surface area contributed by atoms with Gasteiger partial charge in [-0.05, 0) is 138 Å². The lowest BCUT2D eigenvalue weighted by molar-refractivity contribution is 1.28. The highest BCUT2D eigenvalue weighted by atomic mass is 15.1. The summed E-state index contributed by atoms with van der Waals surface area (Å²) in [7, 11) is 0. The molecular formula is C64H45N. The lowest BCUT2D eigenvalue weighted by atomic mass is 9.88. The molecule has 0 saturated carbocycles. The Morgan fingerprint density at radius 2 is 0.538 bits per heavy atom. The van der Waals surface area contributed by atoms with Gasteiger partial charge in [0.25, 0.3) is 0 Å². The van der Waals surface area contributed by atoms with Gasteiger partial charge in [-0.2, -0.15) is 0 Å². The zero-order chi connectivity index (χ0) is 43.4. The number of benzene rings is 11. The molecule has 11 aromatic rings. The summed E-state index contributed by atoms with van der Waals surface area (Å²) in [5.41, 5.74) is 19.9. The van der Waals surface area contributed by atoms with Gasteiger partial charge in [0.2, 0.25) is 0 Å². The molecule has 0 aliphatic carbocycles. The quantitative estimate of drug-likeness (QED) is 0.133. The van der Waals surface area contributed by atoms with Crippen LogP contribution in [0.15, 0.2) is 273 Å². The van der Waals surface area contributed by atoms with Crippen molar-refractivity contribution < 1.29 is 0 Å². The van der Waals surface area contributed by atoms with E-state index in [1.165, 1.54) is 77.5 Å². The van der Waals surface area contributed by atoms with Crippen molar-refractivity contribution >= 4 is 27.8 Å². The van der Waals surface area contributed by atoms with Gasteiger partial charge < -0.3 is 4.90 Å². The number of hydrogen-bond donors (Lipinski definition) is 0. The molecule has 0 spiro atoms. The third-order valence-corrected chi connectivity index (χ3v) is 12.5. The summed E-state index contributed by atoms with van der Waals surface area (Å²) >= 11 is 0. The number of nitrogens with zero attached hydrogens (tertiary/aromatic N) is 1. The fourth-order valence-corrected chi connectivity index (χ4v) is 9.23. The van der Waals surface area contributed by atoms with Crippen LogP contribution in [0.5, 0.6) is 0 Å². The molecule has 0 unspecified atom stereocenters. The van der Waals surface area contributed by atoms with E-state index in [-0.39, 0.29) is 0 Å². The van der Waals surface area contributed by atoms with E-state index >= 15 is 0 Å². The molecule has 0 aliphatic rings. The van der Waals surface area contributed by atoms with E-state index in [0.717, 1.165) is 28.2 Å². The second-order valence-corrected chi connectivity index (χ2v) is 16.5. The number of fused-ring (bicyclic) bond motifs is 1. The van der Waals surface area contributed by atoms with Gasteiger partial charge in [0.05, 0.1) is 5.69 Å². The molecule has 0 amide bonds. The fourth-order valence-electron chi connectivity index (χ4n) is 9.23. The smallest absolute Gasteiger partial charge is 0.0540 e. The summed E-state index contributed by atoms with van der Waals surface area (Å²) in [5.74, 6) is 0. The van der Waals surface area contributed by atoms with Crippen LogP contribution in [-0.2, 0) is 0 Å². The molecule has 65 heavy (non-hydrogen) atoms. The van der Waals surface area contributed by atoms with Crippen molar-refractivity contribution in [1.29, 1.82) is 0 Å². The molecular weight excluding hydrogens is 783 g/mol. The van der Waals surface area contributed by atoms with E-state index in [9.17, 15) is 0 Å². The van der Waals surface area contributed by atoms with Crippen LogP contribution < -0.4 is 4.90 Å². The second kappa shape index (κ2) is 17.7. The van der Waals surface area contributed by atoms with Crippen LogP contribution in [0.25, 0.3) is 88.7 Å². The zero-order valence-corrected chi connectivity index (χ0v) is 35.9. The summed E-state index contributed by atoms with van der Waals surface area (Å²) in [5, 5.41) is 2.48. The maximum atomic E-state index is 2.42. The van der Waals surface area contributed by atoms with Crippen LogP contribution in [0.4, 0.5) is 17.1 Å². The van der Waals surface area contributed by atoms with E-state index in [4.69, 9.17) is 0 Å². The second-order valence-electron chi connectivity index (χ2n) is 16.5. The molecule has 1 nitrogen and oxygen atoms in total. The Labute approximate surface area is 381 Å². The highest BCUT2D eigenvalue weighted by Crippen LogP contribution is 2.46. The van der Waals surface area contributed by atoms with Crippen LogP contribution >= 0.6 is 0 Å². The minimum atomic E-state index is 1.07. The maximum absolute atomic E-state index is 2.42. The van der Waals surface area contributed by atoms with E-state index < -0.39 is 0 Å². The number of hydrogen-bond acceptors (Lipinski definition) is 1. The first-order valence-corrected chi connectivity index (χ1v) is 22.3. The van der Waals surface area contributed by atoms with E-state index in [0.29, 0.717) is 0 Å². The van der Waals surface area contributed by atoms with Crippen molar-refractivity contribution in [3.63, 3.8) is 0 Å². The van der Waals surface area contributed by atoms with Crippen LogP contribution in [0.3, 0.4) is 0 Å². The Hall–Kier alpha value is -8.52. The van der Waals surface area contributed by atoms with Crippen molar-refractivity contribution in [3.05, 3.63) is 273 Å². The summed E-state index contributed by atoms with van der Waals surface area (Å²) in [6.45, 7) is 0. The Bertz CT molecular complexity index is 3330. The van der Waals surface area contributed by atoms with Crippen molar-refractivity contribution in [2.45, 2.75) is 0 Å². The largest absolute Gasteiger partial charge is 0.310 e. The number of anilines is 3. The normalized spacial score (nSPS) is 11.1. The monoisotopic (exact) mass is 827 g/mol. The molecule has 0 radical (unpaired) electrons. The average molecular weight is 828 g/mol. The van der Waals surface area contributed by atoms with Gasteiger partial charge in [0, 0.05) is 16.9 Å². The maximum Gasteiger partial charge on any atom is 0.0540 e. The molecule has 0 bridgehead atoms. The van der Waals surface area contributed by atoms with Crippen molar-refractivity contribution in [1.82, 2.24) is 0 Å². The zero-order valence-electron chi connectivity index (χ0n) is 35.9. The van der Waals surface area contributed by atoms with Crippen LogP contribution in [0, 0.1) is 0 Å². The van der Waals surface area contributed by atoms with Gasteiger partial charge >= 0.3 is 0 Å². The first kappa shape index (κ1) is 39.3. The summed E-state index contributed by atoms with van der Waals surface area (Å²) in [6, 6.07) is 98.9. The predicted molar refractivity (Wildman–Crippen MR) is 277 cm³/mol. The number of rotatable bonds is 10. The minimum Gasteiger partial charge on any atom is -0.310 e.